The minimum absolute atomic E-state index is 0.0160. The zero-order valence-electron chi connectivity index (χ0n) is 19.7. The standard InChI is InChI=1S/C25H26ClN3O5/c1-12-13(2)21(32)25(4)19(15-7-6-14(30)10-17(15)26)16-8-9-28-22(33)27(5)23(34)29(28)18(16)11-24(25,3)20(12)31/h6-8,10,18-19,30H,9,11H2,1-5H3/t18-,19+,24+,25-/m1/s1. The molecule has 2 aliphatic carbocycles. The molecule has 1 aromatic heterocycles. The molecule has 0 bridgehead atoms. The Bertz CT molecular complexity index is 1490. The van der Waals surface area contributed by atoms with Crippen LogP contribution in [0.15, 0.2) is 50.6 Å². The molecule has 0 radical (unpaired) electrons. The molecule has 2 aromatic rings. The van der Waals surface area contributed by atoms with Crippen molar-refractivity contribution in [2.75, 3.05) is 0 Å². The maximum atomic E-state index is 14.0. The summed E-state index contributed by atoms with van der Waals surface area (Å²) in [5.74, 6) is -0.934. The minimum atomic E-state index is -1.18. The van der Waals surface area contributed by atoms with E-state index < -0.39 is 34.2 Å². The molecule has 0 saturated heterocycles. The van der Waals surface area contributed by atoms with Gasteiger partial charge in [0.2, 0.25) is 0 Å². The molecule has 0 unspecified atom stereocenters. The second-order valence-corrected chi connectivity index (χ2v) is 10.5. The highest BCUT2D eigenvalue weighted by Crippen LogP contribution is 2.66. The summed E-state index contributed by atoms with van der Waals surface area (Å²) in [6, 6.07) is 3.98. The number of benzene rings is 1. The molecule has 4 atom stereocenters. The largest absolute Gasteiger partial charge is 0.508 e. The third-order valence-corrected chi connectivity index (χ3v) is 8.93. The highest BCUT2D eigenvalue weighted by atomic mass is 35.5. The molecule has 8 nitrogen and oxygen atoms in total. The fourth-order valence-corrected chi connectivity index (χ4v) is 6.68. The van der Waals surface area contributed by atoms with E-state index in [4.69, 9.17) is 11.6 Å². The van der Waals surface area contributed by atoms with Crippen molar-refractivity contribution in [1.82, 2.24) is 13.9 Å². The van der Waals surface area contributed by atoms with Gasteiger partial charge in [0.15, 0.2) is 11.6 Å². The van der Waals surface area contributed by atoms with Crippen LogP contribution in [0.5, 0.6) is 5.75 Å². The summed E-state index contributed by atoms with van der Waals surface area (Å²) in [6.07, 6.45) is 2.07. The van der Waals surface area contributed by atoms with Gasteiger partial charge in [-0.25, -0.2) is 23.5 Å². The fraction of sp³-hybridized carbons (Fsp3) is 0.440. The number of carbonyl (C=O) groups is 2. The molecular formula is C25H26ClN3O5. The van der Waals surface area contributed by atoms with E-state index in [0.717, 1.165) is 10.1 Å². The van der Waals surface area contributed by atoms with Gasteiger partial charge in [-0.2, -0.15) is 0 Å². The summed E-state index contributed by atoms with van der Waals surface area (Å²) < 4.78 is 3.85. The van der Waals surface area contributed by atoms with Crippen LogP contribution in [0.2, 0.25) is 5.02 Å². The van der Waals surface area contributed by atoms with E-state index >= 15 is 0 Å². The van der Waals surface area contributed by atoms with Crippen molar-refractivity contribution in [3.63, 3.8) is 0 Å². The first-order valence-corrected chi connectivity index (χ1v) is 11.6. The van der Waals surface area contributed by atoms with Crippen LogP contribution >= 0.6 is 11.6 Å². The van der Waals surface area contributed by atoms with E-state index in [-0.39, 0.29) is 35.3 Å². The van der Waals surface area contributed by atoms with E-state index in [9.17, 15) is 24.3 Å². The summed E-state index contributed by atoms with van der Waals surface area (Å²) in [7, 11) is 1.43. The number of fused-ring (bicyclic) bond motifs is 4. The monoisotopic (exact) mass is 483 g/mol. The van der Waals surface area contributed by atoms with E-state index in [1.165, 1.54) is 28.5 Å². The topological polar surface area (TPSA) is 103 Å². The normalized spacial score (nSPS) is 30.6. The predicted octanol–water partition coefficient (Wildman–Crippen LogP) is 2.88. The van der Waals surface area contributed by atoms with E-state index in [2.05, 4.69) is 0 Å². The molecule has 2 heterocycles. The summed E-state index contributed by atoms with van der Waals surface area (Å²) in [6.45, 7) is 7.10. The van der Waals surface area contributed by atoms with Gasteiger partial charge in [0, 0.05) is 23.4 Å². The SMILES string of the molecule is CC1=C(C)C(=O)[C@@]2(C)[C@@H](c3ccc(O)cc3Cl)C3=CCn4c(=O)n(C)c(=O)n4[C@@H]3C[C@@]2(C)C1=O. The number of hydrogen-bond acceptors (Lipinski definition) is 5. The number of nitrogens with zero attached hydrogens (tertiary/aromatic N) is 3. The van der Waals surface area contributed by atoms with Crippen LogP contribution in [0.25, 0.3) is 0 Å². The summed E-state index contributed by atoms with van der Waals surface area (Å²) in [5, 5.41) is 10.2. The molecule has 1 aromatic carbocycles. The van der Waals surface area contributed by atoms with Crippen LogP contribution in [-0.4, -0.2) is 30.6 Å². The van der Waals surface area contributed by atoms with Crippen molar-refractivity contribution in [3.8, 4) is 5.75 Å². The predicted molar refractivity (Wildman–Crippen MR) is 126 cm³/mol. The zero-order valence-corrected chi connectivity index (χ0v) is 20.4. The second kappa shape index (κ2) is 6.95. The lowest BCUT2D eigenvalue weighted by Gasteiger charge is -2.58. The maximum Gasteiger partial charge on any atom is 0.347 e. The lowest BCUT2D eigenvalue weighted by Crippen LogP contribution is -2.61. The van der Waals surface area contributed by atoms with Gasteiger partial charge < -0.3 is 5.11 Å². The number of carbonyl (C=O) groups excluding carboxylic acids is 2. The molecular weight excluding hydrogens is 458 g/mol. The first-order valence-electron chi connectivity index (χ1n) is 11.2. The number of aromatic nitrogens is 3. The first kappa shape index (κ1) is 22.7. The Kier molecular flexibility index (Phi) is 4.63. The molecule has 1 saturated carbocycles. The third kappa shape index (κ3) is 2.49. The van der Waals surface area contributed by atoms with Crippen molar-refractivity contribution in [3.05, 3.63) is 72.5 Å². The van der Waals surface area contributed by atoms with Gasteiger partial charge in [0.05, 0.1) is 18.0 Å². The van der Waals surface area contributed by atoms with Gasteiger partial charge in [0.25, 0.3) is 0 Å². The summed E-state index contributed by atoms with van der Waals surface area (Å²) >= 11 is 6.62. The third-order valence-electron chi connectivity index (χ3n) is 8.60. The molecule has 1 aliphatic heterocycles. The average molecular weight is 484 g/mol. The van der Waals surface area contributed by atoms with Crippen LogP contribution in [-0.2, 0) is 23.2 Å². The number of halogens is 1. The van der Waals surface area contributed by atoms with Crippen LogP contribution in [0, 0.1) is 10.8 Å². The quantitative estimate of drug-likeness (QED) is 0.628. The fourth-order valence-electron chi connectivity index (χ4n) is 6.40. The van der Waals surface area contributed by atoms with E-state index in [1.54, 1.807) is 26.8 Å². The lowest BCUT2D eigenvalue weighted by atomic mass is 9.43. The number of Topliss-reactive ketones (excluding diaryl/α,β-unsaturated/α-hetero) is 2. The molecule has 1 N–H and O–H groups in total. The average Bonchev–Trinajstić information content (AvgIpc) is 3.02. The Balaban J connectivity index is 1.87. The number of phenolic OH excluding ortho intramolecular Hbond substituents is 1. The molecule has 178 valence electrons. The van der Waals surface area contributed by atoms with Crippen molar-refractivity contribution >= 4 is 23.2 Å². The smallest absolute Gasteiger partial charge is 0.347 e. The van der Waals surface area contributed by atoms with E-state index in [1.807, 2.05) is 13.0 Å². The number of aromatic hydroxyl groups is 1. The summed E-state index contributed by atoms with van der Waals surface area (Å²) in [5.41, 5.74) is -1.04. The Morgan fingerprint density at radius 2 is 1.68 bits per heavy atom. The molecule has 0 spiro atoms. The second-order valence-electron chi connectivity index (χ2n) is 10.1. The van der Waals surface area contributed by atoms with Crippen molar-refractivity contribution < 1.29 is 14.7 Å². The lowest BCUT2D eigenvalue weighted by molar-refractivity contribution is -0.151. The number of phenols is 1. The minimum Gasteiger partial charge on any atom is -0.508 e. The number of ketones is 2. The van der Waals surface area contributed by atoms with Gasteiger partial charge >= 0.3 is 11.4 Å². The van der Waals surface area contributed by atoms with Crippen LogP contribution in [0.1, 0.15) is 51.6 Å². The van der Waals surface area contributed by atoms with Gasteiger partial charge in [-0.05, 0) is 54.7 Å². The van der Waals surface area contributed by atoms with Gasteiger partial charge in [-0.15, -0.1) is 0 Å². The van der Waals surface area contributed by atoms with Gasteiger partial charge in [-0.3, -0.25) is 9.59 Å². The highest BCUT2D eigenvalue weighted by molar-refractivity contribution is 6.31. The summed E-state index contributed by atoms with van der Waals surface area (Å²) in [4.78, 5) is 53.6. The Labute approximate surface area is 200 Å². The molecule has 5 rings (SSSR count). The van der Waals surface area contributed by atoms with E-state index in [0.29, 0.717) is 16.7 Å². The van der Waals surface area contributed by atoms with Crippen LogP contribution in [0.4, 0.5) is 0 Å². The Morgan fingerprint density at radius 3 is 2.32 bits per heavy atom. The molecule has 34 heavy (non-hydrogen) atoms. The Morgan fingerprint density at radius 1 is 1.03 bits per heavy atom. The van der Waals surface area contributed by atoms with Crippen LogP contribution < -0.4 is 11.4 Å². The Hall–Kier alpha value is -3.13. The van der Waals surface area contributed by atoms with Gasteiger partial charge in [-0.1, -0.05) is 37.6 Å². The zero-order chi connectivity index (χ0) is 24.9. The molecule has 0 amide bonds. The van der Waals surface area contributed by atoms with Crippen molar-refractivity contribution in [2.24, 2.45) is 17.9 Å². The van der Waals surface area contributed by atoms with Crippen LogP contribution in [0.3, 0.4) is 0 Å². The number of allylic oxidation sites excluding steroid dienone is 4. The molecule has 9 heteroatoms. The van der Waals surface area contributed by atoms with Crippen molar-refractivity contribution in [1.29, 1.82) is 0 Å². The molecule has 3 aliphatic rings. The first-order chi connectivity index (χ1) is 15.9. The van der Waals surface area contributed by atoms with Gasteiger partial charge in [0.1, 0.15) is 5.75 Å². The number of hydrogen-bond donors (Lipinski definition) is 1. The molecule has 1 fully saturated rings. The maximum absolute atomic E-state index is 14.0. The highest BCUT2D eigenvalue weighted by Gasteiger charge is 2.66. The van der Waals surface area contributed by atoms with Crippen molar-refractivity contribution in [2.45, 2.75) is 52.6 Å². The number of rotatable bonds is 1.